The summed E-state index contributed by atoms with van der Waals surface area (Å²) >= 11 is 7.23. The van der Waals surface area contributed by atoms with Crippen LogP contribution in [0.15, 0.2) is 28.1 Å². The first kappa shape index (κ1) is 14.3. The fourth-order valence-electron chi connectivity index (χ4n) is 1.82. The summed E-state index contributed by atoms with van der Waals surface area (Å²) in [4.78, 5) is 4.18. The lowest BCUT2D eigenvalue weighted by atomic mass is 9.95. The highest BCUT2D eigenvalue weighted by molar-refractivity contribution is 9.11. The molecule has 1 atom stereocenters. The average molecular weight is 344 g/mol. The molecule has 0 aliphatic carbocycles. The monoisotopic (exact) mass is 343 g/mol. The summed E-state index contributed by atoms with van der Waals surface area (Å²) in [7, 11) is 2.02. The summed E-state index contributed by atoms with van der Waals surface area (Å²) in [6, 6.07) is 9.12. The molecule has 2 aromatic rings. The molecule has 2 aromatic heterocycles. The zero-order valence-corrected chi connectivity index (χ0v) is 14.3. The van der Waals surface area contributed by atoms with Gasteiger partial charge in [0.1, 0.15) is 0 Å². The van der Waals surface area contributed by atoms with Gasteiger partial charge in [0.2, 0.25) is 0 Å². The van der Waals surface area contributed by atoms with Crippen LogP contribution in [0.1, 0.15) is 41.4 Å². The van der Waals surface area contributed by atoms with Crippen LogP contribution in [0.4, 0.5) is 0 Å². The molecule has 4 heteroatoms. The fraction of sp³-hybridized carbons (Fsp3) is 0.429. The smallest absolute Gasteiger partial charge is 0.0762 e. The van der Waals surface area contributed by atoms with Gasteiger partial charge in [-0.15, -0.1) is 22.7 Å². The van der Waals surface area contributed by atoms with Crippen LogP contribution in [0.25, 0.3) is 0 Å². The van der Waals surface area contributed by atoms with Gasteiger partial charge in [0, 0.05) is 14.6 Å². The SMILES string of the molecule is CNC(c1ccc(Br)s1)c1ccc(C(C)(C)C)s1. The Morgan fingerprint density at radius 1 is 1.06 bits per heavy atom. The lowest BCUT2D eigenvalue weighted by Gasteiger charge is -2.16. The number of nitrogens with one attached hydrogen (secondary N) is 1. The van der Waals surface area contributed by atoms with Crippen LogP contribution in [-0.4, -0.2) is 7.05 Å². The molecule has 0 saturated heterocycles. The third-order valence-electron chi connectivity index (χ3n) is 2.82. The van der Waals surface area contributed by atoms with Gasteiger partial charge >= 0.3 is 0 Å². The normalized spacial score (nSPS) is 13.8. The molecular weight excluding hydrogens is 326 g/mol. The molecular formula is C14H18BrNS2. The van der Waals surface area contributed by atoms with Crippen molar-refractivity contribution < 1.29 is 0 Å². The second-order valence-electron chi connectivity index (χ2n) is 5.32. The molecule has 1 N–H and O–H groups in total. The second kappa shape index (κ2) is 5.45. The maximum absolute atomic E-state index is 3.53. The number of halogens is 1. The van der Waals surface area contributed by atoms with Crippen molar-refractivity contribution >= 4 is 38.6 Å². The quantitative estimate of drug-likeness (QED) is 0.809. The van der Waals surface area contributed by atoms with E-state index in [1.807, 2.05) is 18.4 Å². The maximum atomic E-state index is 3.53. The van der Waals surface area contributed by atoms with Crippen LogP contribution in [0.5, 0.6) is 0 Å². The average Bonchev–Trinajstić information content (AvgIpc) is 2.88. The van der Waals surface area contributed by atoms with E-state index in [4.69, 9.17) is 0 Å². The Kier molecular flexibility index (Phi) is 4.32. The van der Waals surface area contributed by atoms with Crippen molar-refractivity contribution in [3.05, 3.63) is 42.7 Å². The third kappa shape index (κ3) is 3.05. The zero-order valence-electron chi connectivity index (χ0n) is 11.1. The molecule has 98 valence electrons. The Hall–Kier alpha value is -0.160. The minimum absolute atomic E-state index is 0.233. The standard InChI is InChI=1S/C14H18BrNS2/c1-14(2,3)11-7-5-9(17-11)13(16-4)10-6-8-12(15)18-10/h5-8,13,16H,1-4H3. The highest BCUT2D eigenvalue weighted by Gasteiger charge is 2.20. The molecule has 0 amide bonds. The van der Waals surface area contributed by atoms with Crippen LogP contribution in [-0.2, 0) is 5.41 Å². The molecule has 18 heavy (non-hydrogen) atoms. The summed E-state index contributed by atoms with van der Waals surface area (Å²) in [5.41, 5.74) is 0.233. The number of rotatable bonds is 3. The van der Waals surface area contributed by atoms with Crippen LogP contribution >= 0.6 is 38.6 Å². The summed E-state index contributed by atoms with van der Waals surface area (Å²) < 4.78 is 1.19. The van der Waals surface area contributed by atoms with Crippen LogP contribution in [0.3, 0.4) is 0 Å². The molecule has 0 aromatic carbocycles. The molecule has 1 nitrogen and oxygen atoms in total. The van der Waals surface area contributed by atoms with Crippen molar-refractivity contribution in [3.63, 3.8) is 0 Å². The van der Waals surface area contributed by atoms with Crippen LogP contribution in [0.2, 0.25) is 0 Å². The lowest BCUT2D eigenvalue weighted by molar-refractivity contribution is 0.604. The zero-order chi connectivity index (χ0) is 13.3. The van der Waals surface area contributed by atoms with Gasteiger partial charge in [-0.2, -0.15) is 0 Å². The molecule has 0 aliphatic heterocycles. The van der Waals surface area contributed by atoms with Gasteiger partial charge in [0.25, 0.3) is 0 Å². The Morgan fingerprint density at radius 2 is 1.67 bits per heavy atom. The van der Waals surface area contributed by atoms with Crippen molar-refractivity contribution in [3.8, 4) is 0 Å². The van der Waals surface area contributed by atoms with Crippen LogP contribution in [0, 0.1) is 0 Å². The summed E-state index contributed by atoms with van der Waals surface area (Å²) in [5, 5.41) is 3.41. The predicted molar refractivity (Wildman–Crippen MR) is 85.9 cm³/mol. The van der Waals surface area contributed by atoms with Crippen molar-refractivity contribution in [1.29, 1.82) is 0 Å². The van der Waals surface area contributed by atoms with E-state index in [1.54, 1.807) is 11.3 Å². The van der Waals surface area contributed by atoms with E-state index in [-0.39, 0.29) is 5.41 Å². The largest absolute Gasteiger partial charge is 0.308 e. The van der Waals surface area contributed by atoms with E-state index in [0.29, 0.717) is 6.04 Å². The first-order valence-electron chi connectivity index (χ1n) is 5.94. The van der Waals surface area contributed by atoms with Gasteiger partial charge in [-0.25, -0.2) is 0 Å². The van der Waals surface area contributed by atoms with Gasteiger partial charge in [0.05, 0.1) is 9.83 Å². The van der Waals surface area contributed by atoms with E-state index >= 15 is 0 Å². The first-order chi connectivity index (χ1) is 8.41. The topological polar surface area (TPSA) is 12.0 Å². The van der Waals surface area contributed by atoms with E-state index in [1.165, 1.54) is 18.4 Å². The van der Waals surface area contributed by atoms with E-state index < -0.39 is 0 Å². The Bertz CT molecular complexity index is 522. The minimum atomic E-state index is 0.233. The molecule has 0 bridgehead atoms. The molecule has 0 aliphatic rings. The number of hydrogen-bond donors (Lipinski definition) is 1. The highest BCUT2D eigenvalue weighted by atomic mass is 79.9. The van der Waals surface area contributed by atoms with Crippen LogP contribution < -0.4 is 5.32 Å². The van der Waals surface area contributed by atoms with Crippen molar-refractivity contribution in [1.82, 2.24) is 5.32 Å². The number of hydrogen-bond acceptors (Lipinski definition) is 3. The Balaban J connectivity index is 2.31. The van der Waals surface area contributed by atoms with Gasteiger partial charge in [-0.1, -0.05) is 20.8 Å². The maximum Gasteiger partial charge on any atom is 0.0762 e. The van der Waals surface area contributed by atoms with Gasteiger partial charge < -0.3 is 5.32 Å². The Morgan fingerprint density at radius 3 is 2.11 bits per heavy atom. The number of thiophene rings is 2. The third-order valence-corrected chi connectivity index (χ3v) is 6.08. The molecule has 0 spiro atoms. The van der Waals surface area contributed by atoms with E-state index in [2.05, 4.69) is 66.3 Å². The van der Waals surface area contributed by atoms with Crippen molar-refractivity contribution in [2.45, 2.75) is 32.2 Å². The summed E-state index contributed by atoms with van der Waals surface area (Å²) in [5.74, 6) is 0. The molecule has 0 radical (unpaired) electrons. The molecule has 0 saturated carbocycles. The van der Waals surface area contributed by atoms with Gasteiger partial charge in [-0.3, -0.25) is 0 Å². The Labute approximate surface area is 125 Å². The van der Waals surface area contributed by atoms with E-state index in [0.717, 1.165) is 0 Å². The van der Waals surface area contributed by atoms with Gasteiger partial charge in [0.15, 0.2) is 0 Å². The molecule has 2 heterocycles. The van der Waals surface area contributed by atoms with Crippen molar-refractivity contribution in [2.24, 2.45) is 0 Å². The summed E-state index contributed by atoms with van der Waals surface area (Å²) in [6.07, 6.45) is 0. The first-order valence-corrected chi connectivity index (χ1v) is 8.37. The molecule has 0 fully saturated rings. The molecule has 2 rings (SSSR count). The van der Waals surface area contributed by atoms with Crippen molar-refractivity contribution in [2.75, 3.05) is 7.05 Å². The van der Waals surface area contributed by atoms with Gasteiger partial charge in [-0.05, 0) is 52.7 Å². The fourth-order valence-corrected chi connectivity index (χ4v) is 4.64. The highest BCUT2D eigenvalue weighted by Crippen LogP contribution is 2.37. The second-order valence-corrected chi connectivity index (χ2v) is 8.93. The van der Waals surface area contributed by atoms with E-state index in [9.17, 15) is 0 Å². The summed E-state index contributed by atoms with van der Waals surface area (Å²) in [6.45, 7) is 6.79. The minimum Gasteiger partial charge on any atom is -0.308 e. The lowest BCUT2D eigenvalue weighted by Crippen LogP contribution is -2.15. The predicted octanol–water partition coefficient (Wildman–Crippen LogP) is 5.18. The molecule has 1 unspecified atom stereocenters.